The van der Waals surface area contributed by atoms with Crippen molar-refractivity contribution in [3.63, 3.8) is 0 Å². The van der Waals surface area contributed by atoms with Gasteiger partial charge in [0.1, 0.15) is 41.6 Å². The number of carbonyl (C=O) groups excluding carboxylic acids is 6. The van der Waals surface area contributed by atoms with E-state index in [0.29, 0.717) is 30.5 Å². The summed E-state index contributed by atoms with van der Waals surface area (Å²) in [4.78, 5) is 90.3. The molecule has 17 nitrogen and oxygen atoms in total. The molecule has 10 N–H and O–H groups in total. The molecule has 4 bridgehead atoms. The number of carbonyl (C=O) groups is 7. The summed E-state index contributed by atoms with van der Waals surface area (Å²) in [6.07, 6.45) is 0.451. The van der Waals surface area contributed by atoms with Crippen LogP contribution < -0.4 is 32.1 Å². The van der Waals surface area contributed by atoms with Crippen molar-refractivity contribution in [2.24, 2.45) is 0 Å². The number of halogens is 3. The van der Waals surface area contributed by atoms with Crippen molar-refractivity contribution in [1.29, 1.82) is 0 Å². The summed E-state index contributed by atoms with van der Waals surface area (Å²) in [5.74, 6) is -7.94. The zero-order valence-electron chi connectivity index (χ0n) is 39.1. The smallest absolute Gasteiger partial charge is 0.430 e. The van der Waals surface area contributed by atoms with Crippen LogP contribution in [0.3, 0.4) is 0 Å². The zero-order chi connectivity index (χ0) is 51.7. The lowest BCUT2D eigenvalue weighted by Gasteiger charge is -2.32. The Balaban J connectivity index is 0.00000141. The minimum atomic E-state index is -5.19. The number of hydrogen-bond acceptors (Lipinski definition) is 10. The highest BCUT2D eigenvalue weighted by Crippen LogP contribution is 2.39. The molecule has 0 unspecified atom stereocenters. The summed E-state index contributed by atoms with van der Waals surface area (Å²) in [5.41, 5.74) is 8.48. The van der Waals surface area contributed by atoms with Gasteiger partial charge in [-0.05, 0) is 103 Å². The lowest BCUT2D eigenvalue weighted by Crippen LogP contribution is -2.55. The van der Waals surface area contributed by atoms with Crippen molar-refractivity contribution in [2.45, 2.75) is 102 Å². The molecule has 0 saturated heterocycles. The number of aliphatic carboxylic acids is 2. The number of aryl methyl sites for hydroxylation is 1. The van der Waals surface area contributed by atoms with Crippen LogP contribution in [-0.2, 0) is 41.6 Å². The van der Waals surface area contributed by atoms with Crippen LogP contribution in [0.2, 0.25) is 0 Å². The van der Waals surface area contributed by atoms with Gasteiger partial charge in [0, 0.05) is 43.1 Å². The predicted molar refractivity (Wildman–Crippen MR) is 248 cm³/mol. The monoisotopic (exact) mass is 976 g/mol. The Labute approximate surface area is 402 Å². The molecule has 0 radical (unpaired) electrons. The number of nitrogens with zero attached hydrogens (tertiary/aromatic N) is 1. The lowest BCUT2D eigenvalue weighted by atomic mass is 9.93. The van der Waals surface area contributed by atoms with Crippen molar-refractivity contribution in [3.8, 4) is 33.8 Å². The molecular weight excluding hydrogens is 918 g/mol. The summed E-state index contributed by atoms with van der Waals surface area (Å²) >= 11 is 0. The molecule has 376 valence electrons. The Morgan fingerprint density at radius 3 is 2.03 bits per heavy atom. The number of unbranched alkanes of at least 4 members (excludes halogenated alkanes) is 3. The highest BCUT2D eigenvalue weighted by molar-refractivity contribution is 5.97. The first-order valence-corrected chi connectivity index (χ1v) is 22.7. The molecule has 0 saturated carbocycles. The van der Waals surface area contributed by atoms with E-state index in [9.17, 15) is 57.3 Å². The number of amides is 5. The zero-order valence-corrected chi connectivity index (χ0v) is 39.1. The van der Waals surface area contributed by atoms with Crippen LogP contribution in [0.25, 0.3) is 22.3 Å². The first-order valence-electron chi connectivity index (χ1n) is 22.7. The third kappa shape index (κ3) is 15.8. The number of benzene rings is 4. The lowest BCUT2D eigenvalue weighted by molar-refractivity contribution is -0.368. The highest BCUT2D eigenvalue weighted by Gasteiger charge is 2.36. The van der Waals surface area contributed by atoms with Gasteiger partial charge in [-0.1, -0.05) is 68.3 Å². The fraction of sp³-hybridized carbons (Fsp3) is 0.380. The highest BCUT2D eigenvalue weighted by atomic mass is 19.4. The third-order valence-corrected chi connectivity index (χ3v) is 11.5. The number of nitrogens with one attached hydrogen (secondary N) is 4. The quantitative estimate of drug-likeness (QED) is 0.0711. The van der Waals surface area contributed by atoms with Gasteiger partial charge >= 0.3 is 12.1 Å². The number of aromatic hydroxyl groups is 2. The normalized spacial score (nSPS) is 16.2. The average Bonchev–Trinajstić information content (AvgIpc) is 3.31. The molecule has 70 heavy (non-hydrogen) atoms. The van der Waals surface area contributed by atoms with Gasteiger partial charge in [-0.25, -0.2) is 4.79 Å². The number of phenolic OH excluding ortho intramolecular Hbond substituents is 2. The molecule has 4 aromatic rings. The van der Waals surface area contributed by atoms with Crippen LogP contribution in [0.1, 0.15) is 91.9 Å². The predicted octanol–water partition coefficient (Wildman–Crippen LogP) is 3.31. The molecule has 1 aliphatic heterocycles. The van der Waals surface area contributed by atoms with Gasteiger partial charge in [-0.2, -0.15) is 13.2 Å². The van der Waals surface area contributed by atoms with Crippen molar-refractivity contribution < 1.29 is 72.9 Å². The summed E-state index contributed by atoms with van der Waals surface area (Å²) < 4.78 is 31.5. The first-order chi connectivity index (χ1) is 33.1. The van der Waals surface area contributed by atoms with Crippen molar-refractivity contribution in [3.05, 3.63) is 107 Å². The van der Waals surface area contributed by atoms with E-state index in [1.165, 1.54) is 68.8 Å². The number of carboxylic acids is 2. The number of quaternary nitrogens is 1. The van der Waals surface area contributed by atoms with Crippen LogP contribution in [0.4, 0.5) is 13.2 Å². The van der Waals surface area contributed by atoms with E-state index in [2.05, 4.69) is 58.2 Å². The number of carboxylic acid groups (broad SMARTS) is 2. The molecule has 0 spiro atoms. The Hall–Kier alpha value is -7.48. The molecule has 0 fully saturated rings. The molecule has 4 atom stereocenters. The van der Waals surface area contributed by atoms with Crippen molar-refractivity contribution in [2.75, 3.05) is 20.1 Å². The van der Waals surface area contributed by atoms with Crippen LogP contribution >= 0.6 is 0 Å². The molecule has 0 aliphatic carbocycles. The van der Waals surface area contributed by atoms with E-state index in [1.54, 1.807) is 12.1 Å². The van der Waals surface area contributed by atoms with E-state index >= 15 is 0 Å². The van der Waals surface area contributed by atoms with E-state index in [4.69, 9.17) is 9.90 Å². The number of rotatable bonds is 17. The van der Waals surface area contributed by atoms with Gasteiger partial charge in [0.25, 0.3) is 5.91 Å². The number of fused-ring (bicyclic) bond motifs is 5. The molecule has 0 aromatic heterocycles. The van der Waals surface area contributed by atoms with Gasteiger partial charge in [0.05, 0.1) is 6.54 Å². The third-order valence-electron chi connectivity index (χ3n) is 11.5. The second-order valence-corrected chi connectivity index (χ2v) is 16.8. The Morgan fingerprint density at radius 2 is 1.44 bits per heavy atom. The molecule has 5 rings (SSSR count). The second-order valence-electron chi connectivity index (χ2n) is 16.8. The number of hydrogen-bond donors (Lipinski definition) is 8. The Bertz CT molecular complexity index is 2490. The summed E-state index contributed by atoms with van der Waals surface area (Å²) in [5, 5.41) is 51.1. The SMILES string of the molecule is CCCCCc1ccc(-c2ccc(C(=O)NCCC(=O)N[C@@H](CCCC[NH3+])C(=O)N(C)[C@@H]3C(=O)N[C@@H](C)C(=O)N[C@H](C(=O)O)Cc4ccc(O)c(c4)-c4cc3ccc4O)cc2)cc1.O=C([O-])C(F)(F)F. The largest absolute Gasteiger partial charge is 0.542 e. The molecule has 20 heteroatoms. The maximum atomic E-state index is 14.4. The molecule has 5 amide bonds. The minimum absolute atomic E-state index is 0.0143. The van der Waals surface area contributed by atoms with E-state index in [-0.39, 0.29) is 59.9 Å². The van der Waals surface area contributed by atoms with E-state index in [1.807, 2.05) is 12.1 Å². The second kappa shape index (κ2) is 25.8. The van der Waals surface area contributed by atoms with Gasteiger partial charge < -0.3 is 57.1 Å². The molecule has 1 aliphatic rings. The van der Waals surface area contributed by atoms with Crippen LogP contribution in [0.15, 0.2) is 84.9 Å². The first kappa shape index (κ1) is 55.1. The topological polar surface area (TPSA) is 282 Å². The maximum absolute atomic E-state index is 14.4. The molecule has 1 heterocycles. The van der Waals surface area contributed by atoms with Crippen LogP contribution in [-0.4, -0.2) is 106 Å². The Kier molecular flexibility index (Phi) is 20.3. The Morgan fingerprint density at radius 1 is 0.843 bits per heavy atom. The van der Waals surface area contributed by atoms with E-state index in [0.717, 1.165) is 28.9 Å². The maximum Gasteiger partial charge on any atom is 0.430 e. The standard InChI is InChI=1S/C48H58N6O9.C2HF3O2/c1-4-5-6-9-30-11-14-32(15-12-30)33-16-18-34(19-17-33)45(59)50-25-23-42(57)52-38(10-7-8-24-49)47(61)54(3)43-35-20-22-41(56)37(28-35)36-26-31(13-21-40(36)55)27-39(48(62)63)53-44(58)29(2)51-46(43)60;3-2(4,5)1(6)7/h11-22,26,28-29,38-39,43,55-56H,4-10,23-25,27,49H2,1-3H3,(H,50,59)(H,51,60)(H,52,57)(H,53,58)(H,62,63);(H,6,7)/t29-,38-,39-,43-;/m0./s1. The van der Waals surface area contributed by atoms with Gasteiger partial charge in [0.2, 0.25) is 23.6 Å². The number of phenols is 2. The molecular formula is C50H59F3N6O11. The summed E-state index contributed by atoms with van der Waals surface area (Å²) in [6, 6.07) is 19.0. The van der Waals surface area contributed by atoms with Gasteiger partial charge in [0.15, 0.2) is 0 Å². The number of alkyl halides is 3. The fourth-order valence-electron chi connectivity index (χ4n) is 7.58. The average molecular weight is 977 g/mol. The van der Waals surface area contributed by atoms with Gasteiger partial charge in [-0.3, -0.25) is 24.0 Å². The van der Waals surface area contributed by atoms with Crippen molar-refractivity contribution >= 4 is 41.5 Å². The van der Waals surface area contributed by atoms with Crippen LogP contribution in [0, 0.1) is 0 Å². The number of likely N-dealkylation sites (N-methyl/N-ethyl adjacent to an activating group) is 1. The molecule has 4 aromatic carbocycles. The van der Waals surface area contributed by atoms with Crippen LogP contribution in [0.5, 0.6) is 11.5 Å². The van der Waals surface area contributed by atoms with Crippen molar-refractivity contribution in [1.82, 2.24) is 26.2 Å². The minimum Gasteiger partial charge on any atom is -0.542 e. The van der Waals surface area contributed by atoms with E-state index < -0.39 is 65.9 Å². The van der Waals surface area contributed by atoms with Gasteiger partial charge in [-0.15, -0.1) is 0 Å². The fourth-order valence-corrected chi connectivity index (χ4v) is 7.58. The summed E-state index contributed by atoms with van der Waals surface area (Å²) in [6.45, 7) is 4.13. The summed E-state index contributed by atoms with van der Waals surface area (Å²) in [7, 11) is 1.38.